The number of hydrogen-bond donors (Lipinski definition) is 1. The molecule has 1 fully saturated rings. The highest BCUT2D eigenvalue weighted by atomic mass is 16.2. The van der Waals surface area contributed by atoms with E-state index in [9.17, 15) is 9.59 Å². The second-order valence-electron chi connectivity index (χ2n) is 5.81. The minimum absolute atomic E-state index is 0.0118. The molecule has 1 saturated carbocycles. The topological polar surface area (TPSA) is 51.1 Å². The Morgan fingerprint density at radius 1 is 1.37 bits per heavy atom. The molecule has 0 saturated heterocycles. The molecule has 0 aromatic carbocycles. The second-order valence-corrected chi connectivity index (χ2v) is 5.81. The Morgan fingerprint density at radius 3 is 2.63 bits per heavy atom. The summed E-state index contributed by atoms with van der Waals surface area (Å²) < 4.78 is 1.78. The number of carbonyl (C=O) groups excluding carboxylic acids is 2. The predicted octanol–water partition coefficient (Wildman–Crippen LogP) is 2.24. The Bertz CT molecular complexity index is 472. The molecule has 1 N–H and O–H groups in total. The van der Waals surface area contributed by atoms with Crippen molar-refractivity contribution >= 4 is 11.7 Å². The fraction of sp³-hybridized carbons (Fsp3) is 0.600. The van der Waals surface area contributed by atoms with E-state index in [0.717, 1.165) is 18.4 Å². The van der Waals surface area contributed by atoms with Gasteiger partial charge in [-0.15, -0.1) is 0 Å². The molecule has 1 aliphatic carbocycles. The number of carbonyl (C=O) groups is 2. The number of aromatic nitrogens is 1. The van der Waals surface area contributed by atoms with Crippen LogP contribution < -0.4 is 5.32 Å². The normalized spacial score (nSPS) is 16.4. The molecule has 4 heteroatoms. The summed E-state index contributed by atoms with van der Waals surface area (Å²) in [5.41, 5.74) is 0.729. The van der Waals surface area contributed by atoms with Crippen LogP contribution in [0, 0.1) is 11.8 Å². The molecule has 0 bridgehead atoms. The van der Waals surface area contributed by atoms with Gasteiger partial charge in [-0.1, -0.05) is 13.8 Å². The number of rotatable bonds is 6. The second kappa shape index (κ2) is 5.59. The van der Waals surface area contributed by atoms with Gasteiger partial charge in [0.1, 0.15) is 6.54 Å². The van der Waals surface area contributed by atoms with Crippen LogP contribution in [0.25, 0.3) is 0 Å². The van der Waals surface area contributed by atoms with Crippen LogP contribution in [0.1, 0.15) is 44.0 Å². The zero-order valence-electron chi connectivity index (χ0n) is 11.8. The molecule has 1 aromatic rings. The molecule has 104 valence electrons. The molecule has 0 aliphatic heterocycles. The maximum Gasteiger partial charge on any atom is 0.240 e. The minimum atomic E-state index is -0.0118. The van der Waals surface area contributed by atoms with Gasteiger partial charge >= 0.3 is 0 Å². The van der Waals surface area contributed by atoms with E-state index in [4.69, 9.17) is 0 Å². The summed E-state index contributed by atoms with van der Waals surface area (Å²) in [6, 6.07) is 1.97. The third-order valence-electron chi connectivity index (χ3n) is 3.70. The van der Waals surface area contributed by atoms with Crippen molar-refractivity contribution in [1.82, 2.24) is 9.88 Å². The van der Waals surface area contributed by atoms with Gasteiger partial charge in [0.05, 0.1) is 0 Å². The van der Waals surface area contributed by atoms with Crippen molar-refractivity contribution in [2.24, 2.45) is 11.8 Å². The lowest BCUT2D eigenvalue weighted by molar-refractivity contribution is -0.122. The van der Waals surface area contributed by atoms with Gasteiger partial charge in [0.2, 0.25) is 5.91 Å². The molecule has 0 spiro atoms. The quantitative estimate of drug-likeness (QED) is 0.799. The maximum absolute atomic E-state index is 11.9. The van der Waals surface area contributed by atoms with Gasteiger partial charge in [-0.3, -0.25) is 9.59 Å². The number of nitrogens with one attached hydrogen (secondary N) is 1. The van der Waals surface area contributed by atoms with E-state index in [1.807, 2.05) is 6.92 Å². The molecule has 1 aliphatic rings. The molecular formula is C15H22N2O2. The van der Waals surface area contributed by atoms with Crippen molar-refractivity contribution in [1.29, 1.82) is 0 Å². The average Bonchev–Trinajstić information content (AvgIpc) is 3.09. The number of amides is 1. The lowest BCUT2D eigenvalue weighted by atomic mass is 10.1. The Kier molecular flexibility index (Phi) is 4.08. The maximum atomic E-state index is 11.9. The molecule has 1 atom stereocenters. The lowest BCUT2D eigenvalue weighted by Gasteiger charge is -2.17. The zero-order chi connectivity index (χ0) is 14.0. The van der Waals surface area contributed by atoms with Crippen molar-refractivity contribution < 1.29 is 9.59 Å². The summed E-state index contributed by atoms with van der Waals surface area (Å²) in [6.45, 7) is 6.43. The van der Waals surface area contributed by atoms with Crippen LogP contribution in [-0.2, 0) is 11.3 Å². The van der Waals surface area contributed by atoms with Gasteiger partial charge in [0, 0.05) is 29.9 Å². The van der Waals surface area contributed by atoms with E-state index < -0.39 is 0 Å². The lowest BCUT2D eigenvalue weighted by Crippen LogP contribution is -2.37. The van der Waals surface area contributed by atoms with Gasteiger partial charge in [0.15, 0.2) is 5.78 Å². The van der Waals surface area contributed by atoms with Gasteiger partial charge < -0.3 is 9.88 Å². The van der Waals surface area contributed by atoms with Crippen LogP contribution in [-0.4, -0.2) is 22.3 Å². The standard InChI is InChI=1S/C15H22N2O2/c1-10(2)11(3)16-14(18)9-17-7-6-13(8-17)15(19)12-4-5-12/h6-8,10-12H,4-5,9H2,1-3H3,(H,16,18). The Hall–Kier alpha value is -1.58. The van der Waals surface area contributed by atoms with Gasteiger partial charge in [-0.2, -0.15) is 0 Å². The van der Waals surface area contributed by atoms with Gasteiger partial charge in [-0.05, 0) is 31.7 Å². The van der Waals surface area contributed by atoms with E-state index in [1.54, 1.807) is 23.0 Å². The summed E-state index contributed by atoms with van der Waals surface area (Å²) >= 11 is 0. The van der Waals surface area contributed by atoms with Crippen molar-refractivity contribution in [2.75, 3.05) is 0 Å². The predicted molar refractivity (Wildman–Crippen MR) is 73.9 cm³/mol. The average molecular weight is 262 g/mol. The van der Waals surface area contributed by atoms with E-state index in [-0.39, 0.29) is 30.2 Å². The van der Waals surface area contributed by atoms with Crippen molar-refractivity contribution in [3.05, 3.63) is 24.0 Å². The number of hydrogen-bond acceptors (Lipinski definition) is 2. The molecule has 19 heavy (non-hydrogen) atoms. The highest BCUT2D eigenvalue weighted by Gasteiger charge is 2.30. The first kappa shape index (κ1) is 13.8. The molecule has 0 radical (unpaired) electrons. The number of ketones is 1. The molecule has 1 aromatic heterocycles. The molecule has 1 heterocycles. The third-order valence-corrected chi connectivity index (χ3v) is 3.70. The van der Waals surface area contributed by atoms with Crippen LogP contribution in [0.2, 0.25) is 0 Å². The molecule has 1 amide bonds. The summed E-state index contributed by atoms with van der Waals surface area (Å²) in [5.74, 6) is 0.850. The van der Waals surface area contributed by atoms with Gasteiger partial charge in [-0.25, -0.2) is 0 Å². The summed E-state index contributed by atoms with van der Waals surface area (Å²) in [6.07, 6.45) is 5.60. The van der Waals surface area contributed by atoms with E-state index in [1.165, 1.54) is 0 Å². The number of nitrogens with zero attached hydrogens (tertiary/aromatic N) is 1. The molecule has 2 rings (SSSR count). The van der Waals surface area contributed by atoms with Gasteiger partial charge in [0.25, 0.3) is 0 Å². The molecular weight excluding hydrogens is 240 g/mol. The Balaban J connectivity index is 1.88. The van der Waals surface area contributed by atoms with E-state index >= 15 is 0 Å². The van der Waals surface area contributed by atoms with Crippen molar-refractivity contribution in [3.63, 3.8) is 0 Å². The van der Waals surface area contributed by atoms with Crippen LogP contribution in [0.5, 0.6) is 0 Å². The van der Waals surface area contributed by atoms with Crippen molar-refractivity contribution in [3.8, 4) is 0 Å². The van der Waals surface area contributed by atoms with Crippen LogP contribution in [0.15, 0.2) is 18.5 Å². The zero-order valence-corrected chi connectivity index (χ0v) is 11.8. The Labute approximate surface area is 114 Å². The highest BCUT2D eigenvalue weighted by Crippen LogP contribution is 2.32. The fourth-order valence-corrected chi connectivity index (χ4v) is 1.90. The number of Topliss-reactive ketones (excluding diaryl/α,β-unsaturated/α-hetero) is 1. The third kappa shape index (κ3) is 3.69. The highest BCUT2D eigenvalue weighted by molar-refractivity contribution is 5.99. The molecule has 1 unspecified atom stereocenters. The fourth-order valence-electron chi connectivity index (χ4n) is 1.90. The summed E-state index contributed by atoms with van der Waals surface area (Å²) in [5, 5.41) is 2.96. The minimum Gasteiger partial charge on any atom is -0.352 e. The van der Waals surface area contributed by atoms with Crippen LogP contribution in [0.4, 0.5) is 0 Å². The van der Waals surface area contributed by atoms with Crippen molar-refractivity contribution in [2.45, 2.75) is 46.2 Å². The largest absolute Gasteiger partial charge is 0.352 e. The summed E-state index contributed by atoms with van der Waals surface area (Å²) in [7, 11) is 0. The SMILES string of the molecule is CC(C)C(C)NC(=O)Cn1ccc(C(=O)C2CC2)c1. The monoisotopic (exact) mass is 262 g/mol. The summed E-state index contributed by atoms with van der Waals surface area (Å²) in [4.78, 5) is 23.7. The van der Waals surface area contributed by atoms with Crippen LogP contribution >= 0.6 is 0 Å². The Morgan fingerprint density at radius 2 is 2.05 bits per heavy atom. The van der Waals surface area contributed by atoms with Crippen LogP contribution in [0.3, 0.4) is 0 Å². The first-order valence-electron chi connectivity index (χ1n) is 6.96. The smallest absolute Gasteiger partial charge is 0.240 e. The first-order valence-corrected chi connectivity index (χ1v) is 6.96. The first-order chi connectivity index (χ1) is 8.97. The van der Waals surface area contributed by atoms with E-state index in [0.29, 0.717) is 5.92 Å². The molecule has 4 nitrogen and oxygen atoms in total. The van der Waals surface area contributed by atoms with E-state index in [2.05, 4.69) is 19.2 Å².